The lowest BCUT2D eigenvalue weighted by Gasteiger charge is -2.63. The molecule has 0 radical (unpaired) electrons. The molecule has 67 heavy (non-hydrogen) atoms. The number of fused-ring (bicyclic) bond motifs is 1. The third-order valence-electron chi connectivity index (χ3n) is 13.5. The van der Waals surface area contributed by atoms with E-state index in [0.29, 0.717) is 53.4 Å². The largest absolute Gasteiger partial charge is 0.489 e. The maximum absolute atomic E-state index is 14.1. The van der Waals surface area contributed by atoms with Crippen LogP contribution < -0.4 is 20.7 Å². The van der Waals surface area contributed by atoms with Gasteiger partial charge >= 0.3 is 0 Å². The number of carbonyl (C=O) groups is 5. The monoisotopic (exact) mass is 949 g/mol. The van der Waals surface area contributed by atoms with Gasteiger partial charge in [0.1, 0.15) is 30.0 Å². The van der Waals surface area contributed by atoms with Gasteiger partial charge in [-0.3, -0.25) is 24.0 Å². The lowest BCUT2D eigenvalue weighted by Crippen LogP contribution is -2.74. The number of aryl methyl sites for hydroxylation is 1. The molecule has 0 spiro atoms. The molecular weight excluding hydrogens is 890 g/mol. The molecule has 7 rings (SSSR count). The van der Waals surface area contributed by atoms with Gasteiger partial charge in [0.2, 0.25) is 17.7 Å². The fourth-order valence-electron chi connectivity index (χ4n) is 10.1. The molecule has 2 aliphatic heterocycles. The van der Waals surface area contributed by atoms with Gasteiger partial charge in [-0.15, -0.1) is 11.3 Å². The van der Waals surface area contributed by atoms with Crippen LogP contribution in [0.1, 0.15) is 117 Å². The molecule has 0 unspecified atom stereocenters. The first-order valence-corrected chi connectivity index (χ1v) is 24.0. The first-order chi connectivity index (χ1) is 31.6. The minimum Gasteiger partial charge on any atom is -0.489 e. The first-order valence-electron chi connectivity index (χ1n) is 22.7. The van der Waals surface area contributed by atoms with Crippen LogP contribution in [0.5, 0.6) is 5.75 Å². The minimum atomic E-state index is -0.950. The number of halogens is 1. The van der Waals surface area contributed by atoms with Gasteiger partial charge in [0.05, 0.1) is 32.8 Å². The number of unbranched alkanes of at least 4 members (excludes halogenated alkanes) is 1. The number of amides is 5. The number of aliphatic hydroxyl groups excluding tert-OH is 1. The number of likely N-dealkylation sites (tertiary alicyclic amines) is 1. The molecule has 3 aromatic carbocycles. The minimum absolute atomic E-state index is 0.0220. The van der Waals surface area contributed by atoms with Crippen molar-refractivity contribution in [1.29, 1.82) is 5.26 Å². The Kier molecular flexibility index (Phi) is 14.2. The van der Waals surface area contributed by atoms with E-state index in [-0.39, 0.29) is 61.7 Å². The lowest BCUT2D eigenvalue weighted by atomic mass is 9.49. The number of nitriles is 1. The van der Waals surface area contributed by atoms with Gasteiger partial charge in [0, 0.05) is 73.1 Å². The number of benzene rings is 3. The van der Waals surface area contributed by atoms with E-state index in [0.717, 1.165) is 27.3 Å². The summed E-state index contributed by atoms with van der Waals surface area (Å²) in [5.41, 5.74) is 5.20. The van der Waals surface area contributed by atoms with Crippen molar-refractivity contribution in [3.8, 4) is 22.3 Å². The molecule has 3 atom stereocenters. The highest BCUT2D eigenvalue weighted by atomic mass is 35.5. The van der Waals surface area contributed by atoms with Gasteiger partial charge in [-0.2, -0.15) is 5.26 Å². The Labute approximate surface area is 401 Å². The Morgan fingerprint density at radius 3 is 2.39 bits per heavy atom. The summed E-state index contributed by atoms with van der Waals surface area (Å²) in [6.45, 7) is 16.6. The fraction of sp³-hybridized carbons (Fsp3) is 0.471. The van der Waals surface area contributed by atoms with Crippen molar-refractivity contribution >= 4 is 52.5 Å². The topological polar surface area (TPSA) is 194 Å². The second-order valence-electron chi connectivity index (χ2n) is 20.3. The summed E-state index contributed by atoms with van der Waals surface area (Å²) < 4.78 is 6.37. The van der Waals surface area contributed by atoms with Crippen LogP contribution in [0.25, 0.3) is 10.4 Å². The van der Waals surface area contributed by atoms with Crippen molar-refractivity contribution in [3.63, 3.8) is 0 Å². The van der Waals surface area contributed by atoms with Crippen LogP contribution in [0.15, 0.2) is 66.2 Å². The van der Waals surface area contributed by atoms with Crippen LogP contribution in [0.2, 0.25) is 5.02 Å². The highest BCUT2D eigenvalue weighted by Crippen LogP contribution is 2.55. The van der Waals surface area contributed by atoms with E-state index < -0.39 is 40.3 Å². The molecule has 0 bridgehead atoms. The first kappa shape index (κ1) is 49.1. The number of carbonyl (C=O) groups excluding carboxylic acids is 5. The van der Waals surface area contributed by atoms with E-state index in [2.05, 4.69) is 27.0 Å². The molecule has 4 aromatic rings. The van der Waals surface area contributed by atoms with Crippen LogP contribution >= 0.6 is 22.9 Å². The predicted octanol–water partition coefficient (Wildman–Crippen LogP) is 7.19. The number of nitrogens with one attached hydrogen (secondary N) is 3. The zero-order chi connectivity index (χ0) is 48.6. The molecule has 1 saturated heterocycles. The Balaban J connectivity index is 0.879. The normalized spacial score (nSPS) is 20.9. The van der Waals surface area contributed by atoms with E-state index >= 15 is 0 Å². The van der Waals surface area contributed by atoms with Crippen molar-refractivity contribution in [2.45, 2.75) is 124 Å². The van der Waals surface area contributed by atoms with Gasteiger partial charge < -0.3 is 35.6 Å². The van der Waals surface area contributed by atoms with Crippen molar-refractivity contribution in [2.75, 3.05) is 13.1 Å². The molecule has 1 aromatic heterocycles. The number of hydrogen-bond donors (Lipinski definition) is 4. The quantitative estimate of drug-likeness (QED) is 0.0893. The Morgan fingerprint density at radius 2 is 1.75 bits per heavy atom. The Hall–Kier alpha value is -5.82. The molecule has 16 heteroatoms. The Morgan fingerprint density at radius 1 is 1.03 bits per heavy atom. The second-order valence-corrected chi connectivity index (χ2v) is 21.6. The van der Waals surface area contributed by atoms with E-state index in [1.54, 1.807) is 52.6 Å². The summed E-state index contributed by atoms with van der Waals surface area (Å²) in [5, 5.41) is 29.3. The SMILES string of the molecule is Cc1ncsc1-c1ccc(CNC(=O)[C@@H]2C[C@@H](O)CN2C(=O)[C@@H](NC(=O)CCCCN2Cc3cc(C(=O)NC4C(C)(C)C(Oc5ccc(C#N)c(Cl)c5)C4(C)C)ccc3C2=O)C(C)(C)C)cc1. The number of β-amino-alcohol motifs (C(OH)–C–C–N with tert-alkyl or cyclic N) is 1. The van der Waals surface area contributed by atoms with Crippen LogP contribution in [0.3, 0.4) is 0 Å². The molecule has 4 N–H and O–H groups in total. The maximum Gasteiger partial charge on any atom is 0.254 e. The molecule has 5 amide bonds. The zero-order valence-electron chi connectivity index (χ0n) is 39.4. The lowest BCUT2D eigenvalue weighted by molar-refractivity contribution is -0.164. The van der Waals surface area contributed by atoms with Gasteiger partial charge in [0.25, 0.3) is 11.8 Å². The molecular formula is C51H60ClN7O7S. The molecule has 354 valence electrons. The third-order valence-corrected chi connectivity index (χ3v) is 14.8. The summed E-state index contributed by atoms with van der Waals surface area (Å²) in [4.78, 5) is 76.6. The van der Waals surface area contributed by atoms with E-state index in [9.17, 15) is 34.3 Å². The average Bonchev–Trinajstić information content (AvgIpc) is 3.99. The number of nitrogens with zero attached hydrogens (tertiary/aromatic N) is 4. The van der Waals surface area contributed by atoms with Gasteiger partial charge in [-0.05, 0) is 72.2 Å². The van der Waals surface area contributed by atoms with Crippen LogP contribution in [-0.4, -0.2) is 92.8 Å². The van der Waals surface area contributed by atoms with E-state index in [1.807, 2.05) is 85.2 Å². The molecule has 3 aliphatic rings. The fourth-order valence-corrected chi connectivity index (χ4v) is 11.1. The predicted molar refractivity (Wildman–Crippen MR) is 256 cm³/mol. The van der Waals surface area contributed by atoms with Crippen LogP contribution in [0.4, 0.5) is 0 Å². The number of aliphatic hydroxyl groups is 1. The number of rotatable bonds is 15. The van der Waals surface area contributed by atoms with Crippen LogP contribution in [0, 0.1) is 34.5 Å². The molecule has 14 nitrogen and oxygen atoms in total. The van der Waals surface area contributed by atoms with Crippen molar-refractivity contribution in [1.82, 2.24) is 30.7 Å². The molecule has 2 fully saturated rings. The van der Waals surface area contributed by atoms with Gasteiger partial charge in [0.15, 0.2) is 0 Å². The van der Waals surface area contributed by atoms with Gasteiger partial charge in [-0.25, -0.2) is 4.98 Å². The van der Waals surface area contributed by atoms with Gasteiger partial charge in [-0.1, -0.05) is 84.3 Å². The summed E-state index contributed by atoms with van der Waals surface area (Å²) in [6.07, 6.45) is 0.0596. The highest BCUT2D eigenvalue weighted by Gasteiger charge is 2.64. The zero-order valence-corrected chi connectivity index (χ0v) is 40.9. The maximum atomic E-state index is 14.1. The third kappa shape index (κ3) is 10.4. The number of aromatic nitrogens is 1. The summed E-state index contributed by atoms with van der Waals surface area (Å²) in [5.74, 6) is -0.977. The summed E-state index contributed by atoms with van der Waals surface area (Å²) in [6, 6.07) is 17.9. The standard InChI is InChI=1S/C51H60ClN7O7S/c1-29-41(67-28-55-29)31-14-12-30(13-15-31)25-54-44(63)39-22-35(60)27-59(39)46(65)42(49(2,3)4)56-40(61)11-9-10-20-58-26-34-21-32(17-19-37(34)45(58)64)43(62)57-47-50(5,6)48(51(47,7)8)66-36-18-16-33(24-53)38(52)23-36/h12-19,21,23,28,35,39,42,47-48,60H,9-11,20,22,25-27H2,1-8H3,(H,54,63)(H,56,61)(H,57,62)/t35-,39+,42-,47?,48?/m1/s1. The summed E-state index contributed by atoms with van der Waals surface area (Å²) >= 11 is 7.82. The molecule has 1 saturated carbocycles. The van der Waals surface area contributed by atoms with Crippen molar-refractivity contribution < 1.29 is 33.8 Å². The van der Waals surface area contributed by atoms with Crippen LogP contribution in [-0.2, 0) is 27.5 Å². The number of hydrogen-bond acceptors (Lipinski definition) is 10. The second kappa shape index (κ2) is 19.4. The number of thiazole rings is 1. The number of ether oxygens (including phenoxy) is 1. The highest BCUT2D eigenvalue weighted by molar-refractivity contribution is 7.13. The van der Waals surface area contributed by atoms with E-state index in [1.165, 1.54) is 4.90 Å². The average molecular weight is 951 g/mol. The smallest absolute Gasteiger partial charge is 0.254 e. The Bertz CT molecular complexity index is 2580. The van der Waals surface area contributed by atoms with E-state index in [4.69, 9.17) is 16.3 Å². The molecule has 1 aliphatic carbocycles. The van der Waals surface area contributed by atoms with Crippen molar-refractivity contribution in [3.05, 3.63) is 105 Å². The van der Waals surface area contributed by atoms with Crippen molar-refractivity contribution in [2.24, 2.45) is 16.2 Å². The molecule has 3 heterocycles. The summed E-state index contributed by atoms with van der Waals surface area (Å²) in [7, 11) is 0.